The molecular formula is C6H12O5. The summed E-state index contributed by atoms with van der Waals surface area (Å²) in [5.41, 5.74) is 0. The van der Waals surface area contributed by atoms with Gasteiger partial charge in [-0.05, 0) is 0 Å². The molecule has 1 unspecified atom stereocenters. The Labute approximate surface area is 63.5 Å². The first-order chi connectivity index (χ1) is 5.04. The van der Waals surface area contributed by atoms with E-state index in [1.165, 1.54) is 0 Å². The summed E-state index contributed by atoms with van der Waals surface area (Å²) in [5.74, 6) is 0. The molecule has 0 spiro atoms. The van der Waals surface area contributed by atoms with Crippen LogP contribution in [0.1, 0.15) is 6.42 Å². The van der Waals surface area contributed by atoms with E-state index in [4.69, 9.17) is 25.5 Å². The topological polar surface area (TPSA) is 101 Å². The predicted molar refractivity (Wildman–Crippen MR) is 34.7 cm³/mol. The zero-order valence-electron chi connectivity index (χ0n) is 5.83. The molecule has 5 nitrogen and oxygen atoms in total. The molecule has 0 heterocycles. The lowest BCUT2D eigenvalue weighted by atomic mass is 9.87. The molecule has 1 fully saturated rings. The lowest BCUT2D eigenvalue weighted by Gasteiger charge is -2.35. The van der Waals surface area contributed by atoms with Gasteiger partial charge in [-0.25, -0.2) is 0 Å². The average Bonchev–Trinajstić information content (AvgIpc) is 1.97. The fraction of sp³-hybridized carbons (Fsp3) is 1.00. The van der Waals surface area contributed by atoms with Crippen LogP contribution in [-0.2, 0) is 0 Å². The van der Waals surface area contributed by atoms with E-state index in [1.807, 2.05) is 0 Å². The Kier molecular flexibility index (Phi) is 2.46. The van der Waals surface area contributed by atoms with Gasteiger partial charge in [0.05, 0.1) is 12.2 Å². The SMILES string of the molecule is OC1[C@@H](O)[C@H](O)C[C@H](O)[C@H]1O. The molecule has 0 aromatic carbocycles. The maximum Gasteiger partial charge on any atom is 0.111 e. The molecule has 0 aromatic heterocycles. The summed E-state index contributed by atoms with van der Waals surface area (Å²) in [6.45, 7) is 0. The molecule has 5 N–H and O–H groups in total. The fourth-order valence-corrected chi connectivity index (χ4v) is 1.18. The van der Waals surface area contributed by atoms with Gasteiger partial charge in [0.15, 0.2) is 0 Å². The number of aliphatic hydroxyl groups is 5. The molecule has 0 bridgehead atoms. The van der Waals surface area contributed by atoms with Crippen molar-refractivity contribution in [3.63, 3.8) is 0 Å². The third kappa shape index (κ3) is 1.52. The van der Waals surface area contributed by atoms with Crippen molar-refractivity contribution in [1.82, 2.24) is 0 Å². The second-order valence-corrected chi connectivity index (χ2v) is 2.84. The highest BCUT2D eigenvalue weighted by Crippen LogP contribution is 2.20. The number of aliphatic hydroxyl groups excluding tert-OH is 5. The summed E-state index contributed by atoms with van der Waals surface area (Å²) in [6.07, 6.45) is -6.64. The summed E-state index contributed by atoms with van der Waals surface area (Å²) >= 11 is 0. The van der Waals surface area contributed by atoms with Crippen LogP contribution in [0.5, 0.6) is 0 Å². The van der Waals surface area contributed by atoms with Crippen LogP contribution in [0.25, 0.3) is 0 Å². The van der Waals surface area contributed by atoms with Crippen molar-refractivity contribution < 1.29 is 25.5 Å². The molecule has 5 atom stereocenters. The van der Waals surface area contributed by atoms with E-state index in [-0.39, 0.29) is 6.42 Å². The molecule has 0 radical (unpaired) electrons. The Bertz CT molecular complexity index is 125. The lowest BCUT2D eigenvalue weighted by Crippen LogP contribution is -2.55. The van der Waals surface area contributed by atoms with Gasteiger partial charge in [0.25, 0.3) is 0 Å². The third-order valence-corrected chi connectivity index (χ3v) is 1.97. The predicted octanol–water partition coefficient (Wildman–Crippen LogP) is -2.81. The van der Waals surface area contributed by atoms with Crippen LogP contribution in [-0.4, -0.2) is 56.1 Å². The summed E-state index contributed by atoms with van der Waals surface area (Å²) in [7, 11) is 0. The van der Waals surface area contributed by atoms with Crippen molar-refractivity contribution in [3.05, 3.63) is 0 Å². The Morgan fingerprint density at radius 2 is 1.00 bits per heavy atom. The van der Waals surface area contributed by atoms with Crippen LogP contribution >= 0.6 is 0 Å². The Balaban J connectivity index is 2.63. The van der Waals surface area contributed by atoms with E-state index >= 15 is 0 Å². The normalized spacial score (nSPS) is 52.6. The smallest absolute Gasteiger partial charge is 0.111 e. The zero-order valence-corrected chi connectivity index (χ0v) is 5.83. The molecular weight excluding hydrogens is 152 g/mol. The largest absolute Gasteiger partial charge is 0.390 e. The molecule has 0 aromatic rings. The van der Waals surface area contributed by atoms with Crippen LogP contribution in [0, 0.1) is 0 Å². The lowest BCUT2D eigenvalue weighted by molar-refractivity contribution is -0.176. The molecule has 11 heavy (non-hydrogen) atoms. The van der Waals surface area contributed by atoms with Gasteiger partial charge in [-0.3, -0.25) is 0 Å². The van der Waals surface area contributed by atoms with Crippen molar-refractivity contribution in [3.8, 4) is 0 Å². The van der Waals surface area contributed by atoms with Crippen LogP contribution in [0.2, 0.25) is 0 Å². The molecule has 0 aliphatic heterocycles. The molecule has 1 aliphatic rings. The van der Waals surface area contributed by atoms with E-state index in [0.717, 1.165) is 0 Å². The Hall–Kier alpha value is -0.200. The van der Waals surface area contributed by atoms with E-state index in [0.29, 0.717) is 0 Å². The highest BCUT2D eigenvalue weighted by Gasteiger charge is 2.40. The molecule has 1 rings (SSSR count). The van der Waals surface area contributed by atoms with Gasteiger partial charge in [0.1, 0.15) is 18.3 Å². The van der Waals surface area contributed by atoms with Gasteiger partial charge in [-0.2, -0.15) is 0 Å². The molecule has 0 amide bonds. The summed E-state index contributed by atoms with van der Waals surface area (Å²) < 4.78 is 0. The summed E-state index contributed by atoms with van der Waals surface area (Å²) in [5, 5.41) is 44.8. The number of hydrogen-bond donors (Lipinski definition) is 5. The Morgan fingerprint density at radius 1 is 0.636 bits per heavy atom. The van der Waals surface area contributed by atoms with Gasteiger partial charge in [0, 0.05) is 6.42 Å². The van der Waals surface area contributed by atoms with Crippen molar-refractivity contribution in [2.45, 2.75) is 36.9 Å². The maximum atomic E-state index is 8.97. The van der Waals surface area contributed by atoms with Crippen molar-refractivity contribution in [1.29, 1.82) is 0 Å². The highest BCUT2D eigenvalue weighted by atomic mass is 16.4. The zero-order chi connectivity index (χ0) is 8.59. The molecule has 0 saturated heterocycles. The number of rotatable bonds is 0. The third-order valence-electron chi connectivity index (χ3n) is 1.97. The summed E-state index contributed by atoms with van der Waals surface area (Å²) in [6, 6.07) is 0. The van der Waals surface area contributed by atoms with E-state index in [1.54, 1.807) is 0 Å². The maximum absolute atomic E-state index is 8.97. The molecule has 1 aliphatic carbocycles. The second-order valence-electron chi connectivity index (χ2n) is 2.84. The quantitative estimate of drug-likeness (QED) is 0.266. The standard InChI is InChI=1S/C6H12O5/c7-2-1-3(8)5(10)6(11)4(2)9/h2-11H,1H2/t2-,3+,4+,5-,6?. The molecule has 66 valence electrons. The van der Waals surface area contributed by atoms with Gasteiger partial charge in [0.2, 0.25) is 0 Å². The minimum absolute atomic E-state index is 0.112. The first kappa shape index (κ1) is 8.89. The van der Waals surface area contributed by atoms with Crippen molar-refractivity contribution >= 4 is 0 Å². The number of hydrogen-bond acceptors (Lipinski definition) is 5. The average molecular weight is 164 g/mol. The minimum atomic E-state index is -1.46. The van der Waals surface area contributed by atoms with Gasteiger partial charge in [-0.15, -0.1) is 0 Å². The van der Waals surface area contributed by atoms with Crippen LogP contribution < -0.4 is 0 Å². The highest BCUT2D eigenvalue weighted by molar-refractivity contribution is 4.92. The van der Waals surface area contributed by atoms with Crippen LogP contribution in [0.4, 0.5) is 0 Å². The van der Waals surface area contributed by atoms with Gasteiger partial charge >= 0.3 is 0 Å². The van der Waals surface area contributed by atoms with E-state index in [2.05, 4.69) is 0 Å². The van der Waals surface area contributed by atoms with E-state index in [9.17, 15) is 0 Å². The molecule has 5 heteroatoms. The van der Waals surface area contributed by atoms with Crippen LogP contribution in [0.3, 0.4) is 0 Å². The monoisotopic (exact) mass is 164 g/mol. The fourth-order valence-electron chi connectivity index (χ4n) is 1.18. The van der Waals surface area contributed by atoms with E-state index < -0.39 is 30.5 Å². The Morgan fingerprint density at radius 3 is 1.36 bits per heavy atom. The van der Waals surface area contributed by atoms with Crippen LogP contribution in [0.15, 0.2) is 0 Å². The van der Waals surface area contributed by atoms with Crippen molar-refractivity contribution in [2.24, 2.45) is 0 Å². The summed E-state index contributed by atoms with van der Waals surface area (Å²) in [4.78, 5) is 0. The van der Waals surface area contributed by atoms with Gasteiger partial charge in [-0.1, -0.05) is 0 Å². The molecule has 1 saturated carbocycles. The van der Waals surface area contributed by atoms with Crippen molar-refractivity contribution in [2.75, 3.05) is 0 Å². The first-order valence-electron chi connectivity index (χ1n) is 3.44. The second kappa shape index (κ2) is 3.04. The van der Waals surface area contributed by atoms with Gasteiger partial charge < -0.3 is 25.5 Å². The minimum Gasteiger partial charge on any atom is -0.390 e. The first-order valence-corrected chi connectivity index (χ1v) is 3.44.